The summed E-state index contributed by atoms with van der Waals surface area (Å²) in [6.45, 7) is 9.97. The van der Waals surface area contributed by atoms with Gasteiger partial charge >= 0.3 is 0 Å². The number of guanidine groups is 1. The summed E-state index contributed by atoms with van der Waals surface area (Å²) in [6.07, 6.45) is 6.28. The number of aryl methyl sites for hydroxylation is 1. The quantitative estimate of drug-likeness (QED) is 0.532. The summed E-state index contributed by atoms with van der Waals surface area (Å²) in [4.78, 5) is 36.8. The molecule has 198 valence electrons. The van der Waals surface area contributed by atoms with Crippen LogP contribution in [0.2, 0.25) is 0 Å². The Labute approximate surface area is 219 Å². The molecule has 6 bridgehead atoms. The molecule has 0 saturated carbocycles. The molecule has 8 heteroatoms. The number of ether oxygens (including phenoxy) is 1. The number of rotatable bonds is 0. The van der Waals surface area contributed by atoms with Crippen LogP contribution in [0.25, 0.3) is 0 Å². The Morgan fingerprint density at radius 1 is 1.14 bits per heavy atom. The van der Waals surface area contributed by atoms with Gasteiger partial charge in [-0.3, -0.25) is 19.5 Å². The largest absolute Gasteiger partial charge is 0.487 e. The topological polar surface area (TPSA) is 110 Å². The highest BCUT2D eigenvalue weighted by Crippen LogP contribution is 2.40. The first-order valence-electron chi connectivity index (χ1n) is 13.4. The van der Waals surface area contributed by atoms with Crippen LogP contribution in [0, 0.1) is 0 Å². The van der Waals surface area contributed by atoms with Gasteiger partial charge in [0.2, 0.25) is 5.91 Å². The van der Waals surface area contributed by atoms with E-state index in [-0.39, 0.29) is 35.9 Å². The third-order valence-corrected chi connectivity index (χ3v) is 7.22. The van der Waals surface area contributed by atoms with Crippen molar-refractivity contribution >= 4 is 17.8 Å². The van der Waals surface area contributed by atoms with Crippen LogP contribution < -0.4 is 15.8 Å². The van der Waals surface area contributed by atoms with Gasteiger partial charge in [0.05, 0.1) is 18.1 Å². The lowest BCUT2D eigenvalue weighted by atomic mass is 9.88. The van der Waals surface area contributed by atoms with Crippen LogP contribution in [0.1, 0.15) is 106 Å². The highest BCUT2D eigenvalue weighted by Gasteiger charge is 2.36. The van der Waals surface area contributed by atoms with Gasteiger partial charge in [0.15, 0.2) is 5.96 Å². The summed E-state index contributed by atoms with van der Waals surface area (Å²) in [5.74, 6) is 0.760. The standard InChI is InChI=1S/C27H33N5O3.C2H6/c1-16-18-10-11-29-21(13-18)25(34)31-22-15-27(2,3)35-23-9-8-17(12-20(22)23)6-4-5-7-19-14-24(33)32(16)26(28)30-19;1-2/h8-13,16,19,22H,4-7,14-15H2,1-3H3,(H2,28,30)(H,31,34);1-2H3/t16-,19?,22?;/m1./s1. The number of aliphatic imine (C=N–C) groups is 1. The molecule has 0 spiro atoms. The lowest BCUT2D eigenvalue weighted by molar-refractivity contribution is -0.130. The molecule has 2 aromatic rings. The summed E-state index contributed by atoms with van der Waals surface area (Å²) in [7, 11) is 0. The Morgan fingerprint density at radius 3 is 2.68 bits per heavy atom. The number of nitrogens with two attached hydrogens (primary N) is 1. The zero-order valence-electron chi connectivity index (χ0n) is 22.6. The molecular formula is C29H39N5O3. The van der Waals surface area contributed by atoms with Crippen molar-refractivity contribution in [1.82, 2.24) is 15.2 Å². The summed E-state index contributed by atoms with van der Waals surface area (Å²) in [5, 5.41) is 3.19. The van der Waals surface area contributed by atoms with Gasteiger partial charge in [0, 0.05) is 24.6 Å². The van der Waals surface area contributed by atoms with Crippen LogP contribution in [-0.2, 0) is 11.2 Å². The van der Waals surface area contributed by atoms with Gasteiger partial charge < -0.3 is 15.8 Å². The van der Waals surface area contributed by atoms with Crippen LogP contribution in [0.4, 0.5) is 0 Å². The third-order valence-electron chi connectivity index (χ3n) is 7.22. The number of aromatic nitrogens is 1. The number of carbonyl (C=O) groups excluding carboxylic acids is 2. The Balaban J connectivity index is 0.00000156. The van der Waals surface area contributed by atoms with Crippen molar-refractivity contribution in [2.75, 3.05) is 0 Å². The molecule has 6 rings (SSSR count). The zero-order valence-corrected chi connectivity index (χ0v) is 22.6. The van der Waals surface area contributed by atoms with Crippen LogP contribution >= 0.6 is 0 Å². The highest BCUT2D eigenvalue weighted by atomic mass is 16.5. The Kier molecular flexibility index (Phi) is 7.85. The molecule has 4 aliphatic rings. The minimum atomic E-state index is -0.406. The van der Waals surface area contributed by atoms with Gasteiger partial charge in [-0.1, -0.05) is 32.4 Å². The maximum absolute atomic E-state index is 13.3. The first-order valence-corrected chi connectivity index (χ1v) is 13.4. The van der Waals surface area contributed by atoms with Crippen molar-refractivity contribution in [2.45, 2.75) is 96.9 Å². The fraction of sp³-hybridized carbons (Fsp3) is 0.517. The number of nitrogens with one attached hydrogen (secondary N) is 1. The van der Waals surface area contributed by atoms with E-state index in [4.69, 9.17) is 10.5 Å². The molecule has 8 nitrogen and oxygen atoms in total. The van der Waals surface area contributed by atoms with Crippen molar-refractivity contribution < 1.29 is 14.3 Å². The molecular weight excluding hydrogens is 466 g/mol. The summed E-state index contributed by atoms with van der Waals surface area (Å²) in [6, 6.07) is 9.18. The van der Waals surface area contributed by atoms with E-state index in [1.165, 1.54) is 10.5 Å². The van der Waals surface area contributed by atoms with E-state index in [1.807, 2.05) is 46.8 Å². The fourth-order valence-electron chi connectivity index (χ4n) is 5.41. The minimum absolute atomic E-state index is 0.0383. The number of nitrogens with zero attached hydrogens (tertiary/aromatic N) is 3. The van der Waals surface area contributed by atoms with Gasteiger partial charge in [-0.25, -0.2) is 4.99 Å². The monoisotopic (exact) mass is 505 g/mol. The van der Waals surface area contributed by atoms with Crippen molar-refractivity contribution in [3.63, 3.8) is 0 Å². The van der Waals surface area contributed by atoms with E-state index >= 15 is 0 Å². The molecule has 1 aromatic carbocycles. The van der Waals surface area contributed by atoms with Gasteiger partial charge in [-0.2, -0.15) is 0 Å². The van der Waals surface area contributed by atoms with Crippen LogP contribution in [0.5, 0.6) is 5.75 Å². The Hall–Kier alpha value is -3.42. The van der Waals surface area contributed by atoms with Crippen molar-refractivity contribution in [2.24, 2.45) is 10.7 Å². The molecule has 4 aliphatic heterocycles. The van der Waals surface area contributed by atoms with Crippen molar-refractivity contribution in [1.29, 1.82) is 0 Å². The molecule has 0 saturated heterocycles. The second kappa shape index (κ2) is 10.9. The molecule has 37 heavy (non-hydrogen) atoms. The second-order valence-electron chi connectivity index (χ2n) is 10.5. The van der Waals surface area contributed by atoms with E-state index < -0.39 is 5.60 Å². The fourth-order valence-corrected chi connectivity index (χ4v) is 5.41. The second-order valence-corrected chi connectivity index (χ2v) is 10.5. The average molecular weight is 506 g/mol. The first-order chi connectivity index (χ1) is 17.7. The number of fused-ring (bicyclic) bond motifs is 5. The van der Waals surface area contributed by atoms with Gasteiger partial charge in [0.25, 0.3) is 5.91 Å². The molecule has 0 aliphatic carbocycles. The lowest BCUT2D eigenvalue weighted by Crippen LogP contribution is -2.48. The summed E-state index contributed by atoms with van der Waals surface area (Å²) < 4.78 is 6.23. The smallest absolute Gasteiger partial charge is 0.270 e. The number of hydrogen-bond donors (Lipinski definition) is 2. The number of carbonyl (C=O) groups is 2. The lowest BCUT2D eigenvalue weighted by Gasteiger charge is -2.38. The Bertz CT molecular complexity index is 1190. The molecule has 0 fully saturated rings. The number of benzene rings is 1. The first kappa shape index (κ1) is 26.6. The van der Waals surface area contributed by atoms with Crippen LogP contribution in [-0.4, -0.2) is 39.3 Å². The van der Waals surface area contributed by atoms with E-state index in [0.717, 1.165) is 42.6 Å². The van der Waals surface area contributed by atoms with Crippen molar-refractivity contribution in [3.05, 3.63) is 58.9 Å². The molecule has 0 radical (unpaired) electrons. The van der Waals surface area contributed by atoms with E-state index in [1.54, 1.807) is 12.3 Å². The van der Waals surface area contributed by atoms with Crippen LogP contribution in [0.3, 0.4) is 0 Å². The zero-order chi connectivity index (χ0) is 26.7. The number of amides is 2. The average Bonchev–Trinajstić information content (AvgIpc) is 2.86. The highest BCUT2D eigenvalue weighted by molar-refractivity contribution is 5.99. The third kappa shape index (κ3) is 5.78. The summed E-state index contributed by atoms with van der Waals surface area (Å²) in [5.41, 5.74) is 9.15. The normalized spacial score (nSPS) is 24.9. The minimum Gasteiger partial charge on any atom is -0.487 e. The molecule has 5 heterocycles. The maximum atomic E-state index is 13.3. The SMILES string of the molecule is CC.C[C@@H]1c2ccnc(c2)C(=O)NC2CC(C)(C)Oc3ccc(cc32)CCCCC2CC(=O)N1C(N)=N2. The number of pyridine rings is 1. The van der Waals surface area contributed by atoms with Crippen molar-refractivity contribution in [3.8, 4) is 5.75 Å². The van der Waals surface area contributed by atoms with Gasteiger partial charge in [0.1, 0.15) is 17.0 Å². The number of hydrogen-bond acceptors (Lipinski definition) is 6. The molecule has 3 N–H and O–H groups in total. The molecule has 1 aromatic heterocycles. The summed E-state index contributed by atoms with van der Waals surface area (Å²) >= 11 is 0. The van der Waals surface area contributed by atoms with Gasteiger partial charge in [-0.15, -0.1) is 0 Å². The predicted octanol–water partition coefficient (Wildman–Crippen LogP) is 4.84. The maximum Gasteiger partial charge on any atom is 0.270 e. The van der Waals surface area contributed by atoms with Gasteiger partial charge in [-0.05, 0) is 69.4 Å². The van der Waals surface area contributed by atoms with E-state index in [9.17, 15) is 9.59 Å². The van der Waals surface area contributed by atoms with Crippen LogP contribution in [0.15, 0.2) is 41.5 Å². The van der Waals surface area contributed by atoms with E-state index in [0.29, 0.717) is 18.5 Å². The Morgan fingerprint density at radius 2 is 1.92 bits per heavy atom. The predicted molar refractivity (Wildman–Crippen MR) is 144 cm³/mol. The molecule has 2 amide bonds. The van der Waals surface area contributed by atoms with E-state index in [2.05, 4.69) is 27.4 Å². The molecule has 3 atom stereocenters. The molecule has 2 unspecified atom stereocenters.